The number of methoxy groups -OCH3 is 1. The topological polar surface area (TPSA) is 80.3 Å². The Morgan fingerprint density at radius 1 is 1.18 bits per heavy atom. The number of rotatable bonds is 4. The smallest absolute Gasteiger partial charge is 0.269 e. The van der Waals surface area contributed by atoms with E-state index in [2.05, 4.69) is 10.3 Å². The Labute approximate surface area is 127 Å². The predicted molar refractivity (Wildman–Crippen MR) is 81.0 cm³/mol. The molecule has 3 rings (SSSR count). The van der Waals surface area contributed by atoms with E-state index in [9.17, 15) is 10.1 Å². The van der Waals surface area contributed by atoms with Crippen LogP contribution in [0.3, 0.4) is 0 Å². The van der Waals surface area contributed by atoms with Gasteiger partial charge in [0.05, 0.1) is 24.3 Å². The summed E-state index contributed by atoms with van der Waals surface area (Å²) in [6, 6.07) is 14.0. The monoisotopic (exact) mass is 298 g/mol. The molecule has 0 spiro atoms. The molecule has 7 heteroatoms. The Balaban J connectivity index is 1.85. The SMILES string of the molecule is COc1ccc([C@@H]2CN=NN2c2ccc([N+](=O)[O-])cc2)cc1. The standard InChI is InChI=1S/C15H14N4O3/c1-22-14-8-2-11(3-9-14)15-10-16-17-18(15)12-4-6-13(7-5-12)19(20)21/h2-9,15H,10H2,1H3/t15-/m0/s1. The first kappa shape index (κ1) is 14.0. The van der Waals surface area contributed by atoms with E-state index in [1.54, 1.807) is 24.3 Å². The number of nitro benzene ring substituents is 1. The molecule has 0 aliphatic carbocycles. The van der Waals surface area contributed by atoms with Crippen molar-refractivity contribution in [3.8, 4) is 5.75 Å². The maximum absolute atomic E-state index is 10.7. The van der Waals surface area contributed by atoms with Crippen LogP contribution < -0.4 is 9.75 Å². The van der Waals surface area contributed by atoms with E-state index in [1.165, 1.54) is 12.1 Å². The van der Waals surface area contributed by atoms with Gasteiger partial charge in [-0.1, -0.05) is 17.4 Å². The summed E-state index contributed by atoms with van der Waals surface area (Å²) in [4.78, 5) is 10.3. The van der Waals surface area contributed by atoms with Gasteiger partial charge < -0.3 is 4.74 Å². The summed E-state index contributed by atoms with van der Waals surface area (Å²) in [5.74, 6) is 0.789. The van der Waals surface area contributed by atoms with E-state index in [0.29, 0.717) is 6.54 Å². The number of anilines is 1. The summed E-state index contributed by atoms with van der Waals surface area (Å²) < 4.78 is 5.15. The molecule has 0 bridgehead atoms. The minimum atomic E-state index is -0.420. The van der Waals surface area contributed by atoms with Gasteiger partial charge in [0.1, 0.15) is 11.8 Å². The van der Waals surface area contributed by atoms with Gasteiger partial charge in [-0.2, -0.15) is 5.11 Å². The number of nitro groups is 1. The molecule has 1 aliphatic rings. The Bertz CT molecular complexity index is 698. The Kier molecular flexibility index (Phi) is 3.69. The van der Waals surface area contributed by atoms with Crippen LogP contribution in [0.2, 0.25) is 0 Å². The molecule has 2 aromatic carbocycles. The van der Waals surface area contributed by atoms with Gasteiger partial charge in [-0.05, 0) is 29.8 Å². The zero-order valence-electron chi connectivity index (χ0n) is 11.9. The first-order chi connectivity index (χ1) is 10.7. The van der Waals surface area contributed by atoms with Gasteiger partial charge in [0.25, 0.3) is 5.69 Å². The van der Waals surface area contributed by atoms with Crippen molar-refractivity contribution < 1.29 is 9.66 Å². The lowest BCUT2D eigenvalue weighted by atomic mass is 10.1. The molecular formula is C15H14N4O3. The molecule has 0 saturated carbocycles. The van der Waals surface area contributed by atoms with Gasteiger partial charge in [-0.15, -0.1) is 0 Å². The molecule has 22 heavy (non-hydrogen) atoms. The first-order valence-corrected chi connectivity index (χ1v) is 6.74. The number of ether oxygens (including phenoxy) is 1. The lowest BCUT2D eigenvalue weighted by molar-refractivity contribution is -0.384. The number of non-ortho nitro benzene ring substituents is 1. The average molecular weight is 298 g/mol. The number of benzene rings is 2. The molecule has 2 aromatic rings. The average Bonchev–Trinajstić information content (AvgIpc) is 3.04. The van der Waals surface area contributed by atoms with Gasteiger partial charge in [0, 0.05) is 12.1 Å². The van der Waals surface area contributed by atoms with Crippen molar-refractivity contribution in [1.82, 2.24) is 0 Å². The highest BCUT2D eigenvalue weighted by Crippen LogP contribution is 2.33. The van der Waals surface area contributed by atoms with Gasteiger partial charge in [0.15, 0.2) is 0 Å². The largest absolute Gasteiger partial charge is 0.497 e. The zero-order valence-corrected chi connectivity index (χ0v) is 11.9. The van der Waals surface area contributed by atoms with Crippen LogP contribution in [-0.2, 0) is 0 Å². The normalized spacial score (nSPS) is 16.8. The molecule has 0 N–H and O–H groups in total. The van der Waals surface area contributed by atoms with Gasteiger partial charge in [-0.3, -0.25) is 10.1 Å². The van der Waals surface area contributed by atoms with Gasteiger partial charge >= 0.3 is 0 Å². The second-order valence-electron chi connectivity index (χ2n) is 4.82. The maximum atomic E-state index is 10.7. The molecule has 0 aromatic heterocycles. The molecule has 1 atom stereocenters. The van der Waals surface area contributed by atoms with E-state index in [0.717, 1.165) is 17.0 Å². The highest BCUT2D eigenvalue weighted by molar-refractivity contribution is 5.52. The third-order valence-corrected chi connectivity index (χ3v) is 3.54. The van der Waals surface area contributed by atoms with Crippen molar-refractivity contribution in [3.05, 3.63) is 64.2 Å². The summed E-state index contributed by atoms with van der Waals surface area (Å²) >= 11 is 0. The Morgan fingerprint density at radius 3 is 2.45 bits per heavy atom. The van der Waals surface area contributed by atoms with E-state index < -0.39 is 4.92 Å². The predicted octanol–water partition coefficient (Wildman–Crippen LogP) is 3.53. The van der Waals surface area contributed by atoms with Crippen LogP contribution in [0.1, 0.15) is 11.6 Å². The Hall–Kier alpha value is -2.96. The molecule has 1 aliphatic heterocycles. The molecule has 112 valence electrons. The minimum Gasteiger partial charge on any atom is -0.497 e. The molecule has 0 unspecified atom stereocenters. The van der Waals surface area contributed by atoms with Crippen molar-refractivity contribution in [3.63, 3.8) is 0 Å². The van der Waals surface area contributed by atoms with Crippen LogP contribution in [-0.4, -0.2) is 18.6 Å². The van der Waals surface area contributed by atoms with Crippen LogP contribution in [0.25, 0.3) is 0 Å². The second kappa shape index (κ2) is 5.80. The van der Waals surface area contributed by atoms with Crippen molar-refractivity contribution in [2.45, 2.75) is 6.04 Å². The van der Waals surface area contributed by atoms with Crippen molar-refractivity contribution in [1.29, 1.82) is 0 Å². The maximum Gasteiger partial charge on any atom is 0.269 e. The van der Waals surface area contributed by atoms with E-state index >= 15 is 0 Å². The summed E-state index contributed by atoms with van der Waals surface area (Å²) in [5.41, 5.74) is 1.89. The van der Waals surface area contributed by atoms with Crippen LogP contribution >= 0.6 is 0 Å². The third-order valence-electron chi connectivity index (χ3n) is 3.54. The van der Waals surface area contributed by atoms with Crippen LogP contribution in [0.15, 0.2) is 58.9 Å². The fourth-order valence-corrected chi connectivity index (χ4v) is 2.35. The molecule has 7 nitrogen and oxygen atoms in total. The third kappa shape index (κ3) is 2.60. The number of hydrogen-bond donors (Lipinski definition) is 0. The number of hydrogen-bond acceptors (Lipinski definition) is 6. The quantitative estimate of drug-likeness (QED) is 0.638. The lowest BCUT2D eigenvalue weighted by Crippen LogP contribution is -2.20. The molecular weight excluding hydrogens is 284 g/mol. The second-order valence-corrected chi connectivity index (χ2v) is 4.82. The summed E-state index contributed by atoms with van der Waals surface area (Å²) in [6.45, 7) is 0.545. The first-order valence-electron chi connectivity index (χ1n) is 6.74. The minimum absolute atomic E-state index is 0.0210. The summed E-state index contributed by atoms with van der Waals surface area (Å²) in [6.07, 6.45) is 0. The van der Waals surface area contributed by atoms with Crippen molar-refractivity contribution >= 4 is 11.4 Å². The van der Waals surface area contributed by atoms with Crippen LogP contribution in [0, 0.1) is 10.1 Å². The van der Waals surface area contributed by atoms with E-state index in [4.69, 9.17) is 4.74 Å². The van der Waals surface area contributed by atoms with E-state index in [1.807, 2.05) is 24.3 Å². The molecule has 1 heterocycles. The van der Waals surface area contributed by atoms with Gasteiger partial charge in [0.2, 0.25) is 0 Å². The highest BCUT2D eigenvalue weighted by atomic mass is 16.6. The highest BCUT2D eigenvalue weighted by Gasteiger charge is 2.25. The lowest BCUT2D eigenvalue weighted by Gasteiger charge is -2.22. The fourth-order valence-electron chi connectivity index (χ4n) is 2.35. The molecule has 0 amide bonds. The van der Waals surface area contributed by atoms with Crippen molar-refractivity contribution in [2.75, 3.05) is 18.7 Å². The van der Waals surface area contributed by atoms with Crippen molar-refractivity contribution in [2.24, 2.45) is 10.3 Å². The Morgan fingerprint density at radius 2 is 1.86 bits per heavy atom. The molecule has 0 radical (unpaired) electrons. The van der Waals surface area contributed by atoms with E-state index in [-0.39, 0.29) is 11.7 Å². The summed E-state index contributed by atoms with van der Waals surface area (Å²) in [7, 11) is 1.62. The summed E-state index contributed by atoms with van der Waals surface area (Å²) in [5, 5.41) is 20.7. The van der Waals surface area contributed by atoms with Gasteiger partial charge in [-0.25, -0.2) is 5.01 Å². The molecule has 0 saturated heterocycles. The molecule has 0 fully saturated rings. The fraction of sp³-hybridized carbons (Fsp3) is 0.200. The van der Waals surface area contributed by atoms with Crippen LogP contribution in [0.4, 0.5) is 11.4 Å². The number of nitrogens with zero attached hydrogens (tertiary/aromatic N) is 4. The van der Waals surface area contributed by atoms with Crippen LogP contribution in [0.5, 0.6) is 5.75 Å². The zero-order chi connectivity index (χ0) is 15.5.